The Kier molecular flexibility index (Phi) is 4.54. The van der Waals surface area contributed by atoms with Gasteiger partial charge < -0.3 is 15.0 Å². The first-order valence-electron chi connectivity index (χ1n) is 8.07. The second-order valence-electron chi connectivity index (χ2n) is 6.45. The molecular weight excluding hydrogens is 359 g/mol. The Morgan fingerprint density at radius 1 is 1.46 bits per heavy atom. The molecule has 0 saturated carbocycles. The van der Waals surface area contributed by atoms with Crippen LogP contribution < -0.4 is 10.2 Å². The predicted octanol–water partition coefficient (Wildman–Crippen LogP) is 1.13. The van der Waals surface area contributed by atoms with Crippen molar-refractivity contribution in [2.45, 2.75) is 37.1 Å². The van der Waals surface area contributed by atoms with E-state index in [1.807, 2.05) is 5.32 Å². The van der Waals surface area contributed by atoms with Gasteiger partial charge in [0.05, 0.1) is 23.2 Å². The van der Waals surface area contributed by atoms with Crippen LogP contribution >= 0.6 is 0 Å². The van der Waals surface area contributed by atoms with Crippen molar-refractivity contribution in [2.75, 3.05) is 24.6 Å². The average molecular weight is 377 g/mol. The number of nitrogens with zero attached hydrogens (tertiary/aromatic N) is 4. The molecule has 1 aromatic heterocycles. The monoisotopic (exact) mass is 377 g/mol. The molecule has 1 N–H and O–H groups in total. The van der Waals surface area contributed by atoms with Gasteiger partial charge in [-0.05, 0) is 12.8 Å². The Hall–Kier alpha value is -2.37. The summed E-state index contributed by atoms with van der Waals surface area (Å²) in [7, 11) is 1.56. The van der Waals surface area contributed by atoms with Crippen LogP contribution in [0.5, 0.6) is 0 Å². The first-order valence-corrected chi connectivity index (χ1v) is 8.07. The fourth-order valence-corrected chi connectivity index (χ4v) is 3.56. The van der Waals surface area contributed by atoms with Crippen LogP contribution in [-0.4, -0.2) is 58.1 Å². The normalized spacial score (nSPS) is 26.3. The highest BCUT2D eigenvalue weighted by molar-refractivity contribution is 5.82. The first kappa shape index (κ1) is 18.4. The van der Waals surface area contributed by atoms with Gasteiger partial charge in [-0.1, -0.05) is 0 Å². The van der Waals surface area contributed by atoms with Crippen molar-refractivity contribution in [2.24, 2.45) is 7.05 Å². The molecule has 1 spiro atoms. The molecule has 2 aliphatic rings. The highest BCUT2D eigenvalue weighted by Crippen LogP contribution is 2.39. The van der Waals surface area contributed by atoms with Crippen molar-refractivity contribution in [3.05, 3.63) is 16.3 Å². The molecule has 2 aliphatic heterocycles. The van der Waals surface area contributed by atoms with Gasteiger partial charge in [0.25, 0.3) is 0 Å². The summed E-state index contributed by atoms with van der Waals surface area (Å²) in [4.78, 5) is 23.7. The van der Waals surface area contributed by atoms with Crippen molar-refractivity contribution >= 4 is 17.4 Å². The Bertz CT molecular complexity index is 716. The molecule has 144 valence electrons. The number of halogens is 3. The highest BCUT2D eigenvalue weighted by Gasteiger charge is 2.50. The van der Waals surface area contributed by atoms with E-state index in [0.29, 0.717) is 26.0 Å². The molecule has 1 aromatic rings. The van der Waals surface area contributed by atoms with Gasteiger partial charge in [-0.2, -0.15) is 18.3 Å². The van der Waals surface area contributed by atoms with Gasteiger partial charge in [-0.15, -0.1) is 0 Å². The third-order valence-corrected chi connectivity index (χ3v) is 4.99. The molecular formula is C14H18F3N5O4. The number of hydrogen-bond donors (Lipinski definition) is 1. The van der Waals surface area contributed by atoms with E-state index in [0.717, 1.165) is 6.20 Å². The summed E-state index contributed by atoms with van der Waals surface area (Å²) in [6, 6.07) is -0.817. The number of carbonyl (C=O) groups excluding carboxylic acids is 1. The quantitative estimate of drug-likeness (QED) is 0.626. The Morgan fingerprint density at radius 3 is 2.69 bits per heavy atom. The summed E-state index contributed by atoms with van der Waals surface area (Å²) in [6.45, 7) is 0.983. The molecule has 0 bridgehead atoms. The molecule has 1 unspecified atom stereocenters. The van der Waals surface area contributed by atoms with Crippen LogP contribution in [0, 0.1) is 10.1 Å². The maximum Gasteiger partial charge on any atom is 0.471 e. The van der Waals surface area contributed by atoms with E-state index in [1.54, 1.807) is 11.9 Å². The molecule has 12 heteroatoms. The van der Waals surface area contributed by atoms with E-state index in [-0.39, 0.29) is 24.5 Å². The molecule has 0 aromatic carbocycles. The average Bonchev–Trinajstić information content (AvgIpc) is 2.78. The van der Waals surface area contributed by atoms with Gasteiger partial charge in [0.2, 0.25) is 5.82 Å². The van der Waals surface area contributed by atoms with E-state index in [1.165, 1.54) is 4.68 Å². The van der Waals surface area contributed by atoms with Crippen LogP contribution in [0.15, 0.2) is 6.20 Å². The smallest absolute Gasteiger partial charge is 0.373 e. The number of carbonyl (C=O) groups is 1. The fourth-order valence-electron chi connectivity index (χ4n) is 3.56. The number of alkyl halides is 3. The molecule has 2 fully saturated rings. The minimum atomic E-state index is -4.97. The number of aromatic nitrogens is 2. The molecule has 3 heterocycles. The zero-order chi connectivity index (χ0) is 19.1. The number of hydrogen-bond acceptors (Lipinski definition) is 6. The first-order chi connectivity index (χ1) is 12.1. The maximum atomic E-state index is 12.6. The van der Waals surface area contributed by atoms with Crippen molar-refractivity contribution in [3.63, 3.8) is 0 Å². The van der Waals surface area contributed by atoms with Crippen LogP contribution in [0.25, 0.3) is 0 Å². The Balaban J connectivity index is 1.82. The van der Waals surface area contributed by atoms with Crippen LogP contribution in [-0.2, 0) is 16.6 Å². The summed E-state index contributed by atoms with van der Waals surface area (Å²) in [6.07, 6.45) is -2.80. The Morgan fingerprint density at radius 2 is 2.15 bits per heavy atom. The van der Waals surface area contributed by atoms with E-state index in [4.69, 9.17) is 4.74 Å². The largest absolute Gasteiger partial charge is 0.471 e. The number of ether oxygens (including phenoxy) is 1. The highest BCUT2D eigenvalue weighted by atomic mass is 19.4. The lowest BCUT2D eigenvalue weighted by Crippen LogP contribution is -2.61. The molecule has 9 nitrogen and oxygen atoms in total. The zero-order valence-corrected chi connectivity index (χ0v) is 14.0. The summed E-state index contributed by atoms with van der Waals surface area (Å²) in [5.74, 6) is -1.72. The molecule has 0 aliphatic carbocycles. The fraction of sp³-hybridized carbons (Fsp3) is 0.714. The van der Waals surface area contributed by atoms with E-state index in [2.05, 4.69) is 5.10 Å². The number of rotatable bonds is 3. The minimum absolute atomic E-state index is 0.171. The lowest BCUT2D eigenvalue weighted by atomic mass is 9.82. The maximum absolute atomic E-state index is 12.6. The standard InChI is InChI=1S/C14H18F3N5O4/c1-20-11(9(8-18-20)22(24)25)21-5-2-10(19-12(23)14(15,16)17)13(3-6-21)4-7-26-13/h8,10H,2-7H2,1H3,(H,19,23)/t10-,13?/m0/s1. The molecule has 1 amide bonds. The van der Waals surface area contributed by atoms with Gasteiger partial charge in [-0.25, -0.2) is 4.68 Å². The summed E-state index contributed by atoms with van der Waals surface area (Å²) in [5, 5.41) is 17.1. The Labute approximate surface area is 146 Å². The van der Waals surface area contributed by atoms with Crippen LogP contribution in [0.2, 0.25) is 0 Å². The van der Waals surface area contributed by atoms with Gasteiger partial charge in [0.15, 0.2) is 0 Å². The third-order valence-electron chi connectivity index (χ3n) is 4.99. The molecule has 2 atom stereocenters. The summed E-state index contributed by atoms with van der Waals surface area (Å²) in [5.41, 5.74) is -1.04. The molecule has 3 rings (SSSR count). The lowest BCUT2D eigenvalue weighted by molar-refractivity contribution is -0.384. The number of anilines is 1. The van der Waals surface area contributed by atoms with E-state index >= 15 is 0 Å². The minimum Gasteiger partial charge on any atom is -0.373 e. The van der Waals surface area contributed by atoms with Crippen molar-refractivity contribution in [1.29, 1.82) is 0 Å². The van der Waals surface area contributed by atoms with Crippen LogP contribution in [0.4, 0.5) is 24.7 Å². The molecule has 2 saturated heterocycles. The third kappa shape index (κ3) is 3.20. The lowest BCUT2D eigenvalue weighted by Gasteiger charge is -2.46. The van der Waals surface area contributed by atoms with Crippen molar-refractivity contribution in [3.8, 4) is 0 Å². The number of nitrogens with one attached hydrogen (secondary N) is 1. The van der Waals surface area contributed by atoms with Gasteiger partial charge in [0.1, 0.15) is 6.20 Å². The van der Waals surface area contributed by atoms with Gasteiger partial charge in [0, 0.05) is 26.6 Å². The summed E-state index contributed by atoms with van der Waals surface area (Å²) >= 11 is 0. The van der Waals surface area contributed by atoms with Crippen molar-refractivity contribution in [1.82, 2.24) is 15.1 Å². The number of aryl methyl sites for hydroxylation is 1. The molecule has 26 heavy (non-hydrogen) atoms. The van der Waals surface area contributed by atoms with Crippen LogP contribution in [0.1, 0.15) is 19.3 Å². The topological polar surface area (TPSA) is 103 Å². The SMILES string of the molecule is Cn1ncc([N+](=O)[O-])c1N1CC[C@H](NC(=O)C(F)(F)F)C2(CCO2)CC1. The predicted molar refractivity (Wildman–Crippen MR) is 82.6 cm³/mol. The van der Waals surface area contributed by atoms with Crippen LogP contribution in [0.3, 0.4) is 0 Å². The van der Waals surface area contributed by atoms with Gasteiger partial charge >= 0.3 is 17.8 Å². The van der Waals surface area contributed by atoms with E-state index < -0.39 is 28.6 Å². The van der Waals surface area contributed by atoms with Crippen molar-refractivity contribution < 1.29 is 27.6 Å². The zero-order valence-electron chi connectivity index (χ0n) is 14.0. The number of nitro groups is 1. The molecule has 0 radical (unpaired) electrons. The second-order valence-corrected chi connectivity index (χ2v) is 6.45. The van der Waals surface area contributed by atoms with E-state index in [9.17, 15) is 28.1 Å². The van der Waals surface area contributed by atoms with Gasteiger partial charge in [-0.3, -0.25) is 14.9 Å². The second kappa shape index (κ2) is 6.41. The number of amides is 1. The summed E-state index contributed by atoms with van der Waals surface area (Å²) < 4.78 is 44.8.